The molecule has 0 rings (SSSR count). The zero-order chi connectivity index (χ0) is 10.6. The van der Waals surface area contributed by atoms with Crippen LogP contribution in [0.2, 0.25) is 0 Å². The van der Waals surface area contributed by atoms with Crippen LogP contribution in [0, 0.1) is 0 Å². The molecule has 5 nitrogen and oxygen atoms in total. The van der Waals surface area contributed by atoms with E-state index < -0.39 is 23.0 Å². The molecule has 0 radical (unpaired) electrons. The van der Waals surface area contributed by atoms with E-state index in [0.29, 0.717) is 0 Å². The van der Waals surface area contributed by atoms with Crippen molar-refractivity contribution in [1.82, 2.24) is 5.32 Å². The summed E-state index contributed by atoms with van der Waals surface area (Å²) in [4.78, 5) is 11.0. The van der Waals surface area contributed by atoms with Crippen molar-refractivity contribution in [2.75, 3.05) is 0 Å². The second-order valence-corrected chi connectivity index (χ2v) is 3.61. The van der Waals surface area contributed by atoms with Crippen molar-refractivity contribution >= 4 is 17.3 Å². The van der Waals surface area contributed by atoms with E-state index in [1.54, 1.807) is 0 Å². The molecule has 1 unspecified atom stereocenters. The lowest BCUT2D eigenvalue weighted by Gasteiger charge is -2.26. The first-order valence-electron chi connectivity index (χ1n) is 3.51. The van der Waals surface area contributed by atoms with E-state index in [2.05, 4.69) is 16.1 Å². The molecule has 0 heterocycles. The molecule has 0 aromatic rings. The van der Waals surface area contributed by atoms with Crippen molar-refractivity contribution in [3.63, 3.8) is 0 Å². The van der Waals surface area contributed by atoms with Gasteiger partial charge in [-0.05, 0) is 20.8 Å². The number of carbonyl (C=O) groups excluding carboxylic acids is 1. The van der Waals surface area contributed by atoms with Crippen LogP contribution in [0.3, 0.4) is 0 Å². The van der Waals surface area contributed by atoms with Crippen molar-refractivity contribution in [3.05, 3.63) is 12.2 Å². The first-order valence-corrected chi connectivity index (χ1v) is 4.51. The van der Waals surface area contributed by atoms with Gasteiger partial charge >= 0.3 is 0 Å². The summed E-state index contributed by atoms with van der Waals surface area (Å²) >= 11 is -2.66. The minimum atomic E-state index is -2.66. The monoisotopic (exact) mass is 206 g/mol. The fourth-order valence-corrected chi connectivity index (χ4v) is 0.953. The fraction of sp³-hybridized carbons (Fsp3) is 0.571. The Kier molecular flexibility index (Phi) is 4.25. The van der Waals surface area contributed by atoms with Gasteiger partial charge in [-0.1, -0.05) is 6.58 Å². The summed E-state index contributed by atoms with van der Waals surface area (Å²) in [5.41, 5.74) is -0.962. The number of hydrogen-bond acceptors (Lipinski definition) is 4. The molecule has 0 aromatic heterocycles. The maximum Gasteiger partial charge on any atom is 0.248 e. The van der Waals surface area contributed by atoms with Crippen LogP contribution in [-0.4, -0.2) is 20.4 Å². The molecule has 0 aliphatic heterocycles. The highest BCUT2D eigenvalue weighted by atomic mass is 32.2. The summed E-state index contributed by atoms with van der Waals surface area (Å²) in [6.07, 6.45) is 0. The number of hydrogen-bond donors (Lipinski definition) is 1. The smallest absolute Gasteiger partial charge is 0.248 e. The highest BCUT2D eigenvalue weighted by Gasteiger charge is 2.21. The number of carbonyl (C=O) groups is 1. The van der Waals surface area contributed by atoms with Crippen LogP contribution in [0.5, 0.6) is 0 Å². The third-order valence-corrected chi connectivity index (χ3v) is 1.63. The molecule has 0 aliphatic carbocycles. The Labute approximate surface area is 79.7 Å². The summed E-state index contributed by atoms with van der Waals surface area (Å²) < 4.78 is 24.7. The summed E-state index contributed by atoms with van der Waals surface area (Å²) in [6.45, 7) is 7.75. The van der Waals surface area contributed by atoms with Gasteiger partial charge in [0.15, 0.2) is 0 Å². The van der Waals surface area contributed by atoms with Crippen molar-refractivity contribution in [1.29, 1.82) is 0 Å². The second-order valence-electron chi connectivity index (χ2n) is 3.03. The predicted molar refractivity (Wildman–Crippen MR) is 47.0 cm³/mol. The molecule has 6 heteroatoms. The molecule has 76 valence electrons. The van der Waals surface area contributed by atoms with E-state index in [4.69, 9.17) is 0 Å². The molecule has 0 bridgehead atoms. The highest BCUT2D eigenvalue weighted by Crippen LogP contribution is 2.06. The highest BCUT2D eigenvalue weighted by molar-refractivity contribution is 7.74. The van der Waals surface area contributed by atoms with Gasteiger partial charge in [-0.15, -0.1) is 0 Å². The zero-order valence-electron chi connectivity index (χ0n) is 7.75. The molecule has 1 N–H and O–H groups in total. The summed E-state index contributed by atoms with van der Waals surface area (Å²) in [5.74, 6) is -0.449. The van der Waals surface area contributed by atoms with Crippen LogP contribution in [-0.2, 0) is 20.3 Å². The van der Waals surface area contributed by atoms with Crippen LogP contribution < -0.4 is 5.32 Å². The topological polar surface area (TPSA) is 78.5 Å². The maximum atomic E-state index is 11.0. The predicted octanol–water partition coefficient (Wildman–Crippen LogP) is 0.226. The Morgan fingerprint density at radius 3 is 2.38 bits per heavy atom. The first kappa shape index (κ1) is 12.3. The fourth-order valence-electron chi connectivity index (χ4n) is 0.571. The zero-order valence-corrected chi connectivity index (χ0v) is 8.56. The molecule has 0 saturated carbocycles. The average Bonchev–Trinajstić information content (AvgIpc) is 1.81. The Hall–Kier alpha value is -0.720. The molecule has 0 spiro atoms. The van der Waals surface area contributed by atoms with Crippen molar-refractivity contribution < 1.29 is 17.7 Å². The van der Waals surface area contributed by atoms with Crippen molar-refractivity contribution in [3.8, 4) is 0 Å². The Balaban J connectivity index is 4.24. The van der Waals surface area contributed by atoms with Crippen LogP contribution in [0.15, 0.2) is 12.2 Å². The average molecular weight is 206 g/mol. The van der Waals surface area contributed by atoms with Crippen LogP contribution in [0.1, 0.15) is 20.8 Å². The molecule has 0 aliphatic rings. The minimum absolute atomic E-state index is 0.286. The van der Waals surface area contributed by atoms with Crippen LogP contribution >= 0.6 is 0 Å². The summed E-state index contributed by atoms with van der Waals surface area (Å²) in [7, 11) is 0. The Morgan fingerprint density at radius 1 is 1.62 bits per heavy atom. The maximum absolute atomic E-state index is 11.0. The number of rotatable bonds is 4. The summed E-state index contributed by atoms with van der Waals surface area (Å²) in [6, 6.07) is 0. The largest absolute Gasteiger partial charge is 0.750 e. The van der Waals surface area contributed by atoms with Gasteiger partial charge in [0.05, 0.1) is 11.4 Å². The van der Waals surface area contributed by atoms with Crippen LogP contribution in [0.25, 0.3) is 0 Å². The number of nitrogens with one attached hydrogen (secondary N) is 1. The standard InChI is InChI=1S/C7H13NO4S/c1-5(2)6(9)8-7(3,4)12-13(10)11/h1H2,2-4H3,(H,8,9)(H,10,11)/p-1. The Bertz CT molecular complexity index is 249. The van der Waals surface area contributed by atoms with Crippen molar-refractivity contribution in [2.24, 2.45) is 0 Å². The quantitative estimate of drug-likeness (QED) is 0.405. The van der Waals surface area contributed by atoms with Gasteiger partial charge < -0.3 is 9.87 Å². The molecular weight excluding hydrogens is 194 g/mol. The van der Waals surface area contributed by atoms with Gasteiger partial charge in [0.1, 0.15) is 5.72 Å². The van der Waals surface area contributed by atoms with E-state index in [1.807, 2.05) is 0 Å². The lowest BCUT2D eigenvalue weighted by Crippen LogP contribution is -2.46. The first-order chi connectivity index (χ1) is 5.74. The van der Waals surface area contributed by atoms with E-state index in [-0.39, 0.29) is 5.57 Å². The molecule has 0 aromatic carbocycles. The third kappa shape index (κ3) is 5.51. The number of amides is 1. The van der Waals surface area contributed by atoms with Gasteiger partial charge in [-0.2, -0.15) is 0 Å². The van der Waals surface area contributed by atoms with Crippen molar-refractivity contribution in [2.45, 2.75) is 26.5 Å². The molecule has 0 saturated heterocycles. The normalized spacial score (nSPS) is 13.5. The lowest BCUT2D eigenvalue weighted by atomic mass is 10.2. The lowest BCUT2D eigenvalue weighted by molar-refractivity contribution is -0.122. The molecular formula is C7H12NO4S-. The van der Waals surface area contributed by atoms with Crippen LogP contribution in [0.4, 0.5) is 0 Å². The van der Waals surface area contributed by atoms with Gasteiger partial charge in [0, 0.05) is 5.57 Å². The Morgan fingerprint density at radius 2 is 2.08 bits per heavy atom. The minimum Gasteiger partial charge on any atom is -0.750 e. The van der Waals surface area contributed by atoms with E-state index in [1.165, 1.54) is 20.8 Å². The van der Waals surface area contributed by atoms with Gasteiger partial charge in [0.25, 0.3) is 0 Å². The second kappa shape index (κ2) is 4.50. The van der Waals surface area contributed by atoms with Gasteiger partial charge in [-0.3, -0.25) is 8.98 Å². The molecule has 13 heavy (non-hydrogen) atoms. The van der Waals surface area contributed by atoms with Gasteiger partial charge in [0.2, 0.25) is 5.91 Å². The van der Waals surface area contributed by atoms with Gasteiger partial charge in [-0.25, -0.2) is 4.21 Å². The van der Waals surface area contributed by atoms with E-state index in [9.17, 15) is 13.6 Å². The summed E-state index contributed by atoms with van der Waals surface area (Å²) in [5, 5.41) is 2.33. The van der Waals surface area contributed by atoms with E-state index in [0.717, 1.165) is 0 Å². The SMILES string of the molecule is C=C(C)C(=O)NC(C)(C)OS(=O)[O-]. The third-order valence-electron chi connectivity index (χ3n) is 1.08. The molecule has 1 amide bonds. The van der Waals surface area contributed by atoms with E-state index >= 15 is 0 Å². The molecule has 0 fully saturated rings. The molecule has 1 atom stereocenters.